The summed E-state index contributed by atoms with van der Waals surface area (Å²) in [4.78, 5) is 0. The number of benzene rings is 1. The van der Waals surface area contributed by atoms with Crippen LogP contribution in [-0.4, -0.2) is 0 Å². The van der Waals surface area contributed by atoms with Gasteiger partial charge in [-0.2, -0.15) is 0 Å². The molecule has 1 aromatic carbocycles. The van der Waals surface area contributed by atoms with Crippen molar-refractivity contribution in [1.29, 1.82) is 0 Å². The topological polar surface area (TPSA) is 0 Å². The van der Waals surface area contributed by atoms with Crippen LogP contribution in [0.2, 0.25) is 0 Å². The molecule has 0 aromatic heterocycles. The van der Waals surface area contributed by atoms with E-state index in [1.807, 2.05) is 0 Å². The molecule has 0 aliphatic rings. The van der Waals surface area contributed by atoms with Gasteiger partial charge in [0.2, 0.25) is 0 Å². The van der Waals surface area contributed by atoms with Gasteiger partial charge >= 0.3 is 0 Å². The Labute approximate surface area is 81.0 Å². The van der Waals surface area contributed by atoms with Crippen molar-refractivity contribution in [2.24, 2.45) is 0 Å². The highest BCUT2D eigenvalue weighted by Gasteiger charge is 2.07. The van der Waals surface area contributed by atoms with Gasteiger partial charge in [0, 0.05) is 6.42 Å². The molecule has 0 aliphatic heterocycles. The molecular weight excluding hydrogens is 156 g/mol. The highest BCUT2D eigenvalue weighted by Crippen LogP contribution is 2.23. The summed E-state index contributed by atoms with van der Waals surface area (Å²) in [7, 11) is 0. The largest absolute Gasteiger partial charge is 0.120 e. The molecule has 0 nitrogen and oxygen atoms in total. The number of hydrogen-bond donors (Lipinski definition) is 0. The lowest BCUT2D eigenvalue weighted by Crippen LogP contribution is -1.97. The highest BCUT2D eigenvalue weighted by molar-refractivity contribution is 5.35. The van der Waals surface area contributed by atoms with Crippen LogP contribution in [0.15, 0.2) is 18.2 Å². The summed E-state index contributed by atoms with van der Waals surface area (Å²) in [5, 5.41) is 0. The summed E-state index contributed by atoms with van der Waals surface area (Å²) < 4.78 is 0. The van der Waals surface area contributed by atoms with Gasteiger partial charge in [0.15, 0.2) is 0 Å². The molecule has 1 atom stereocenters. The first-order valence-electron chi connectivity index (χ1n) is 4.66. The van der Waals surface area contributed by atoms with Crippen LogP contribution in [0.25, 0.3) is 0 Å². The zero-order valence-corrected chi connectivity index (χ0v) is 8.59. The van der Waals surface area contributed by atoms with Crippen LogP contribution < -0.4 is 0 Å². The van der Waals surface area contributed by atoms with Crippen LogP contribution >= 0.6 is 0 Å². The third-order valence-electron chi connectivity index (χ3n) is 2.60. The van der Waals surface area contributed by atoms with Crippen LogP contribution in [0, 0.1) is 26.2 Å². The molecule has 0 saturated heterocycles. The van der Waals surface area contributed by atoms with E-state index in [2.05, 4.69) is 44.9 Å². The van der Waals surface area contributed by atoms with Crippen molar-refractivity contribution in [2.45, 2.75) is 33.1 Å². The first-order chi connectivity index (χ1) is 6.16. The van der Waals surface area contributed by atoms with Gasteiger partial charge in [-0.3, -0.25) is 0 Å². The van der Waals surface area contributed by atoms with Crippen molar-refractivity contribution in [3.05, 3.63) is 34.9 Å². The van der Waals surface area contributed by atoms with Crippen LogP contribution in [0.5, 0.6) is 0 Å². The number of aryl methyl sites for hydroxylation is 1. The average Bonchev–Trinajstić information content (AvgIpc) is 2.10. The fraction of sp³-hybridized carbons (Fsp3) is 0.385. The molecular formula is C13H16. The predicted octanol–water partition coefficient (Wildman–Crippen LogP) is 3.43. The van der Waals surface area contributed by atoms with Gasteiger partial charge in [-0.05, 0) is 36.5 Å². The van der Waals surface area contributed by atoms with E-state index in [0.717, 1.165) is 6.42 Å². The lowest BCUT2D eigenvalue weighted by Gasteiger charge is -2.13. The number of hydrogen-bond acceptors (Lipinski definition) is 0. The van der Waals surface area contributed by atoms with Gasteiger partial charge in [0.25, 0.3) is 0 Å². The van der Waals surface area contributed by atoms with Crippen molar-refractivity contribution in [2.75, 3.05) is 0 Å². The van der Waals surface area contributed by atoms with E-state index in [0.29, 0.717) is 5.92 Å². The fourth-order valence-corrected chi connectivity index (χ4v) is 1.59. The molecule has 0 radical (unpaired) electrons. The molecule has 0 heterocycles. The third-order valence-corrected chi connectivity index (χ3v) is 2.60. The molecule has 1 unspecified atom stereocenters. The maximum atomic E-state index is 5.30. The Morgan fingerprint density at radius 3 is 2.69 bits per heavy atom. The minimum atomic E-state index is 0.477. The third kappa shape index (κ3) is 2.12. The van der Waals surface area contributed by atoms with E-state index >= 15 is 0 Å². The molecule has 0 saturated carbocycles. The second-order valence-corrected chi connectivity index (χ2v) is 3.60. The van der Waals surface area contributed by atoms with E-state index in [4.69, 9.17) is 6.42 Å². The van der Waals surface area contributed by atoms with Crippen LogP contribution in [0.1, 0.15) is 36.0 Å². The van der Waals surface area contributed by atoms with Gasteiger partial charge in [0.1, 0.15) is 0 Å². The quantitative estimate of drug-likeness (QED) is 0.599. The second kappa shape index (κ2) is 4.14. The Morgan fingerprint density at radius 1 is 1.38 bits per heavy atom. The molecule has 13 heavy (non-hydrogen) atoms. The highest BCUT2D eigenvalue weighted by atomic mass is 14.1. The molecule has 0 N–H and O–H groups in total. The van der Waals surface area contributed by atoms with E-state index in [1.54, 1.807) is 0 Å². The monoisotopic (exact) mass is 172 g/mol. The summed E-state index contributed by atoms with van der Waals surface area (Å²) in [6, 6.07) is 6.41. The zero-order valence-electron chi connectivity index (χ0n) is 8.59. The Kier molecular flexibility index (Phi) is 3.14. The molecule has 1 rings (SSSR count). The fourth-order valence-electron chi connectivity index (χ4n) is 1.59. The van der Waals surface area contributed by atoms with E-state index < -0.39 is 0 Å². The first-order valence-corrected chi connectivity index (χ1v) is 4.66. The lowest BCUT2D eigenvalue weighted by atomic mass is 9.92. The summed E-state index contributed by atoms with van der Waals surface area (Å²) in [5.41, 5.74) is 4.12. The summed E-state index contributed by atoms with van der Waals surface area (Å²) in [5.74, 6) is 3.19. The van der Waals surface area contributed by atoms with Crippen molar-refractivity contribution >= 4 is 0 Å². The van der Waals surface area contributed by atoms with Gasteiger partial charge in [-0.25, -0.2) is 0 Å². The van der Waals surface area contributed by atoms with E-state index in [1.165, 1.54) is 16.7 Å². The summed E-state index contributed by atoms with van der Waals surface area (Å²) in [6.45, 7) is 6.49. The molecule has 0 heteroatoms. The normalized spacial score (nSPS) is 12.2. The Balaban J connectivity index is 3.02. The van der Waals surface area contributed by atoms with Crippen LogP contribution in [0.4, 0.5) is 0 Å². The van der Waals surface area contributed by atoms with Gasteiger partial charge in [-0.15, -0.1) is 12.3 Å². The van der Waals surface area contributed by atoms with Gasteiger partial charge < -0.3 is 0 Å². The van der Waals surface area contributed by atoms with Gasteiger partial charge in [-0.1, -0.05) is 25.1 Å². The van der Waals surface area contributed by atoms with Crippen LogP contribution in [-0.2, 0) is 0 Å². The van der Waals surface area contributed by atoms with Crippen molar-refractivity contribution in [3.8, 4) is 12.3 Å². The minimum absolute atomic E-state index is 0.477. The number of terminal acetylenes is 1. The molecule has 0 amide bonds. The number of rotatable bonds is 2. The lowest BCUT2D eigenvalue weighted by molar-refractivity contribution is 0.787. The molecule has 0 aliphatic carbocycles. The molecule has 0 fully saturated rings. The Morgan fingerprint density at radius 2 is 2.08 bits per heavy atom. The SMILES string of the molecule is C#CCC(C)c1cccc(C)c1C. The Hall–Kier alpha value is -1.22. The first kappa shape index (κ1) is 9.86. The van der Waals surface area contributed by atoms with Gasteiger partial charge in [0.05, 0.1) is 0 Å². The predicted molar refractivity (Wildman–Crippen MR) is 57.8 cm³/mol. The van der Waals surface area contributed by atoms with E-state index in [9.17, 15) is 0 Å². The second-order valence-electron chi connectivity index (χ2n) is 3.60. The average molecular weight is 172 g/mol. The standard InChI is InChI=1S/C13H16/c1-5-7-11(3)13-9-6-8-10(2)12(13)4/h1,6,8-9,11H,7H2,2-4H3. The molecule has 0 bridgehead atoms. The van der Waals surface area contributed by atoms with Crippen molar-refractivity contribution in [3.63, 3.8) is 0 Å². The van der Waals surface area contributed by atoms with Crippen LogP contribution in [0.3, 0.4) is 0 Å². The minimum Gasteiger partial charge on any atom is -0.120 e. The van der Waals surface area contributed by atoms with E-state index in [-0.39, 0.29) is 0 Å². The maximum Gasteiger partial charge on any atom is 0.0152 e. The van der Waals surface area contributed by atoms with Crippen molar-refractivity contribution in [1.82, 2.24) is 0 Å². The molecule has 0 spiro atoms. The summed E-state index contributed by atoms with van der Waals surface area (Å²) in [6.07, 6.45) is 6.13. The molecule has 68 valence electrons. The zero-order chi connectivity index (χ0) is 9.84. The summed E-state index contributed by atoms with van der Waals surface area (Å²) >= 11 is 0. The van der Waals surface area contributed by atoms with Crippen molar-refractivity contribution < 1.29 is 0 Å². The molecule has 1 aromatic rings. The Bertz CT molecular complexity index is 328. The smallest absolute Gasteiger partial charge is 0.0152 e. The maximum absolute atomic E-state index is 5.30.